The number of imidazole rings is 1. The summed E-state index contributed by atoms with van der Waals surface area (Å²) in [6, 6.07) is 4.66. The first-order chi connectivity index (χ1) is 15.0. The Morgan fingerprint density at radius 2 is 2.19 bits per heavy atom. The van der Waals surface area contributed by atoms with Crippen LogP contribution in [0.5, 0.6) is 0 Å². The number of hydrogen-bond acceptors (Lipinski definition) is 7. The van der Waals surface area contributed by atoms with Crippen molar-refractivity contribution in [1.29, 1.82) is 5.26 Å². The molecular weight excluding hydrogens is 405 g/mol. The average Bonchev–Trinajstić information content (AvgIpc) is 3.17. The summed E-state index contributed by atoms with van der Waals surface area (Å²) < 4.78 is 15.2. The van der Waals surface area contributed by atoms with Crippen LogP contribution in [0.1, 0.15) is 25.0 Å². The number of nitrogens with zero attached hydrogens (tertiary/aromatic N) is 7. The third-order valence-electron chi connectivity index (χ3n) is 5.32. The molecule has 1 aliphatic heterocycles. The van der Waals surface area contributed by atoms with Gasteiger partial charge in [-0.15, -0.1) is 0 Å². The summed E-state index contributed by atoms with van der Waals surface area (Å²) in [6.07, 6.45) is 5.53. The number of halogens is 1. The molecule has 31 heavy (non-hydrogen) atoms. The largest absolute Gasteiger partial charge is 0.342 e. The number of amides is 1. The Morgan fingerprint density at radius 1 is 1.35 bits per heavy atom. The first kappa shape index (κ1) is 20.3. The maximum absolute atomic E-state index is 13.7. The monoisotopic (exact) mass is 423 g/mol. The summed E-state index contributed by atoms with van der Waals surface area (Å²) in [6.45, 7) is 0.985. The maximum atomic E-state index is 13.7. The number of fused-ring (bicyclic) bond motifs is 1. The number of piperidine rings is 1. The molecule has 0 aliphatic carbocycles. The number of nitro groups is 1. The molecule has 1 atom stereocenters. The molecule has 1 aliphatic rings. The van der Waals surface area contributed by atoms with Gasteiger partial charge >= 0.3 is 5.69 Å². The Bertz CT molecular complexity index is 1200. The van der Waals surface area contributed by atoms with Crippen molar-refractivity contribution in [2.24, 2.45) is 5.92 Å². The van der Waals surface area contributed by atoms with Gasteiger partial charge < -0.3 is 4.90 Å². The molecule has 0 bridgehead atoms. The third-order valence-corrected chi connectivity index (χ3v) is 5.32. The average molecular weight is 423 g/mol. The van der Waals surface area contributed by atoms with Gasteiger partial charge in [-0.1, -0.05) is 0 Å². The van der Waals surface area contributed by atoms with E-state index in [2.05, 4.69) is 15.0 Å². The van der Waals surface area contributed by atoms with Gasteiger partial charge in [-0.05, 0) is 30.9 Å². The second-order valence-corrected chi connectivity index (χ2v) is 7.39. The van der Waals surface area contributed by atoms with Crippen molar-refractivity contribution in [3.63, 3.8) is 0 Å². The molecule has 1 saturated heterocycles. The minimum atomic E-state index is -0.533. The molecule has 1 amide bonds. The van der Waals surface area contributed by atoms with Crippen molar-refractivity contribution in [2.75, 3.05) is 13.1 Å². The van der Waals surface area contributed by atoms with Crippen LogP contribution in [0.25, 0.3) is 17.2 Å². The lowest BCUT2D eigenvalue weighted by molar-refractivity contribution is -0.386. The van der Waals surface area contributed by atoms with E-state index < -0.39 is 10.7 Å². The van der Waals surface area contributed by atoms with Crippen molar-refractivity contribution in [3.8, 4) is 17.6 Å². The van der Waals surface area contributed by atoms with Gasteiger partial charge in [0, 0.05) is 25.7 Å². The fourth-order valence-corrected chi connectivity index (χ4v) is 3.87. The van der Waals surface area contributed by atoms with Crippen LogP contribution in [0.15, 0.2) is 30.7 Å². The van der Waals surface area contributed by atoms with Crippen LogP contribution in [0.4, 0.5) is 10.1 Å². The first-order valence-corrected chi connectivity index (χ1v) is 9.74. The zero-order valence-corrected chi connectivity index (χ0v) is 16.4. The molecule has 0 radical (unpaired) electrons. The molecule has 0 saturated carbocycles. The van der Waals surface area contributed by atoms with Crippen LogP contribution >= 0.6 is 0 Å². The van der Waals surface area contributed by atoms with Crippen molar-refractivity contribution in [3.05, 3.63) is 52.3 Å². The minimum absolute atomic E-state index is 0.0301. The summed E-state index contributed by atoms with van der Waals surface area (Å²) >= 11 is 0. The van der Waals surface area contributed by atoms with Gasteiger partial charge in [-0.3, -0.25) is 19.3 Å². The highest BCUT2D eigenvalue weighted by atomic mass is 19.1. The zero-order valence-electron chi connectivity index (χ0n) is 16.4. The predicted molar refractivity (Wildman–Crippen MR) is 106 cm³/mol. The lowest BCUT2D eigenvalue weighted by Crippen LogP contribution is -2.40. The quantitative estimate of drug-likeness (QED) is 0.455. The number of nitriles is 1. The van der Waals surface area contributed by atoms with Crippen LogP contribution in [0.3, 0.4) is 0 Å². The number of carbonyl (C=O) groups is 1. The summed E-state index contributed by atoms with van der Waals surface area (Å²) in [5, 5.41) is 20.3. The zero-order chi connectivity index (χ0) is 22.0. The molecule has 3 aromatic heterocycles. The number of likely N-dealkylation sites (tertiary alicyclic amines) is 1. The molecule has 11 heteroatoms. The van der Waals surface area contributed by atoms with Gasteiger partial charge in [-0.2, -0.15) is 5.26 Å². The Labute approximate surface area is 176 Å². The normalized spacial score (nSPS) is 16.3. The van der Waals surface area contributed by atoms with Crippen molar-refractivity contribution in [1.82, 2.24) is 24.3 Å². The molecule has 0 unspecified atom stereocenters. The summed E-state index contributed by atoms with van der Waals surface area (Å²) in [5.74, 6) is -0.527. The van der Waals surface area contributed by atoms with Crippen LogP contribution in [-0.2, 0) is 11.2 Å². The van der Waals surface area contributed by atoms with Crippen molar-refractivity contribution < 1.29 is 14.1 Å². The van der Waals surface area contributed by atoms with E-state index in [9.17, 15) is 19.3 Å². The SMILES string of the molecule is N#CCC(=O)N1CCC[C@@H](Cc2nc(-c3cnc4ccc(F)cn34)ncc2[N+](=O)[O-])C1. The molecule has 0 N–H and O–H groups in total. The fourth-order valence-electron chi connectivity index (χ4n) is 3.87. The van der Waals surface area contributed by atoms with Gasteiger partial charge in [0.25, 0.3) is 0 Å². The van der Waals surface area contributed by atoms with Crippen LogP contribution in [0.2, 0.25) is 0 Å². The second kappa shape index (κ2) is 8.43. The maximum Gasteiger partial charge on any atom is 0.308 e. The summed E-state index contributed by atoms with van der Waals surface area (Å²) in [5.41, 5.74) is 0.962. The van der Waals surface area contributed by atoms with Gasteiger partial charge in [0.1, 0.15) is 35.5 Å². The first-order valence-electron chi connectivity index (χ1n) is 9.74. The van der Waals surface area contributed by atoms with Crippen LogP contribution < -0.4 is 0 Å². The highest BCUT2D eigenvalue weighted by Gasteiger charge is 2.27. The number of hydrogen-bond donors (Lipinski definition) is 0. The molecule has 10 nitrogen and oxygen atoms in total. The third kappa shape index (κ3) is 4.18. The summed E-state index contributed by atoms with van der Waals surface area (Å²) in [4.78, 5) is 37.4. The number of rotatable bonds is 5. The number of aromatic nitrogens is 4. The number of carbonyl (C=O) groups excluding carboxylic acids is 1. The standard InChI is InChI=1S/C20H18FN7O3/c21-14-3-4-18-23-10-17(27(18)12-14)20-24-9-16(28(30)31)15(25-20)8-13-2-1-7-26(11-13)19(29)5-6-22/h3-4,9-10,12-13H,1-2,5,7-8,11H2/t13-/m0/s1. The Morgan fingerprint density at radius 3 is 2.97 bits per heavy atom. The highest BCUT2D eigenvalue weighted by molar-refractivity contribution is 5.78. The van der Waals surface area contributed by atoms with Gasteiger partial charge in [-0.25, -0.2) is 19.3 Å². The Balaban J connectivity index is 1.65. The Hall–Kier alpha value is -3.94. The second-order valence-electron chi connectivity index (χ2n) is 7.39. The molecule has 4 rings (SSSR count). The van der Waals surface area contributed by atoms with E-state index in [4.69, 9.17) is 5.26 Å². The van der Waals surface area contributed by atoms with Crippen molar-refractivity contribution >= 4 is 17.2 Å². The molecule has 0 aromatic carbocycles. The van der Waals surface area contributed by atoms with Gasteiger partial charge in [0.2, 0.25) is 5.91 Å². The molecule has 1 fully saturated rings. The summed E-state index contributed by atoms with van der Waals surface area (Å²) in [7, 11) is 0. The molecule has 0 spiro atoms. The molecular formula is C20H18FN7O3. The van der Waals surface area contributed by atoms with Crippen LogP contribution in [0, 0.1) is 33.2 Å². The van der Waals surface area contributed by atoms with Crippen LogP contribution in [-0.4, -0.2) is 48.2 Å². The smallest absolute Gasteiger partial charge is 0.308 e. The lowest BCUT2D eigenvalue weighted by Gasteiger charge is -2.32. The van der Waals surface area contributed by atoms with E-state index in [0.29, 0.717) is 24.4 Å². The van der Waals surface area contributed by atoms with E-state index in [0.717, 1.165) is 19.0 Å². The predicted octanol–water partition coefficient (Wildman–Crippen LogP) is 2.53. The van der Waals surface area contributed by atoms with Crippen molar-refractivity contribution in [2.45, 2.75) is 25.7 Å². The fraction of sp³-hybridized carbons (Fsp3) is 0.350. The van der Waals surface area contributed by atoms with Gasteiger partial charge in [0.05, 0.1) is 17.2 Å². The highest BCUT2D eigenvalue weighted by Crippen LogP contribution is 2.27. The van der Waals surface area contributed by atoms with E-state index in [1.54, 1.807) is 4.90 Å². The lowest BCUT2D eigenvalue weighted by atomic mass is 9.92. The van der Waals surface area contributed by atoms with E-state index in [-0.39, 0.29) is 41.9 Å². The molecule has 158 valence electrons. The molecule has 3 aromatic rings. The number of pyridine rings is 1. The van der Waals surface area contributed by atoms with E-state index in [1.165, 1.54) is 28.9 Å². The van der Waals surface area contributed by atoms with E-state index >= 15 is 0 Å². The Kier molecular flexibility index (Phi) is 5.53. The van der Waals surface area contributed by atoms with E-state index in [1.807, 2.05) is 6.07 Å². The molecule has 4 heterocycles. The van der Waals surface area contributed by atoms with Gasteiger partial charge in [0.15, 0.2) is 5.82 Å². The topological polar surface area (TPSA) is 130 Å². The minimum Gasteiger partial charge on any atom is -0.342 e.